The molecule has 1 aromatic carbocycles. The first-order chi connectivity index (χ1) is 7.13. The van der Waals surface area contributed by atoms with E-state index in [0.717, 1.165) is 16.0 Å². The minimum absolute atomic E-state index is 0.0190. The summed E-state index contributed by atoms with van der Waals surface area (Å²) in [5.41, 5.74) is 0.681. The molecule has 4 nitrogen and oxygen atoms in total. The second kappa shape index (κ2) is 3.88. The number of rotatable bonds is 3. The van der Waals surface area contributed by atoms with E-state index in [2.05, 4.69) is 9.17 Å². The van der Waals surface area contributed by atoms with Crippen LogP contribution in [0.2, 0.25) is 0 Å². The maximum absolute atomic E-state index is 11.5. The highest BCUT2D eigenvalue weighted by molar-refractivity contribution is 7.89. The van der Waals surface area contributed by atoms with Gasteiger partial charge in [-0.2, -0.15) is 8.42 Å². The summed E-state index contributed by atoms with van der Waals surface area (Å²) in [6.45, 7) is 1.75. The van der Waals surface area contributed by atoms with E-state index in [1.54, 1.807) is 13.0 Å². The highest BCUT2D eigenvalue weighted by atomic mass is 32.3. The Morgan fingerprint density at radius 3 is 2.80 bits per heavy atom. The average Bonchev–Trinajstić information content (AvgIpc) is 2.61. The summed E-state index contributed by atoms with van der Waals surface area (Å²) in [7, 11) is -3.66. The Hall–Kier alpha value is -0.980. The fourth-order valence-electron chi connectivity index (χ4n) is 1.16. The minimum Gasteiger partial charge on any atom is -0.265 e. The maximum Gasteiger partial charge on any atom is 0.324 e. The molecule has 0 saturated carbocycles. The summed E-state index contributed by atoms with van der Waals surface area (Å²) in [4.78, 5) is 4.01. The van der Waals surface area contributed by atoms with Crippen molar-refractivity contribution in [2.24, 2.45) is 0 Å². The van der Waals surface area contributed by atoms with Crippen molar-refractivity contribution < 1.29 is 12.6 Å². The van der Waals surface area contributed by atoms with Crippen molar-refractivity contribution in [3.63, 3.8) is 0 Å². The first-order valence-corrected chi connectivity index (χ1v) is 6.61. The zero-order chi connectivity index (χ0) is 10.9. The van der Waals surface area contributed by atoms with Crippen LogP contribution in [0.5, 0.6) is 0 Å². The second-order valence-electron chi connectivity index (χ2n) is 2.81. The van der Waals surface area contributed by atoms with Gasteiger partial charge in [-0.1, -0.05) is 12.1 Å². The first kappa shape index (κ1) is 10.5. The Balaban J connectivity index is 2.54. The molecule has 0 saturated heterocycles. The van der Waals surface area contributed by atoms with Crippen molar-refractivity contribution in [1.82, 2.24) is 4.98 Å². The summed E-state index contributed by atoms with van der Waals surface area (Å²) in [6, 6.07) is 7.27. The van der Waals surface area contributed by atoms with E-state index in [4.69, 9.17) is 0 Å². The molecule has 0 N–H and O–H groups in total. The number of nitrogens with zero attached hydrogens (tertiary/aromatic N) is 1. The minimum atomic E-state index is -3.66. The third-order valence-electron chi connectivity index (χ3n) is 1.76. The lowest BCUT2D eigenvalue weighted by Gasteiger charge is -1.96. The molecule has 2 aromatic rings. The molecule has 0 spiro atoms. The fourth-order valence-corrected chi connectivity index (χ4v) is 3.30. The first-order valence-electron chi connectivity index (χ1n) is 4.38. The van der Waals surface area contributed by atoms with Crippen molar-refractivity contribution in [3.8, 4) is 0 Å². The van der Waals surface area contributed by atoms with E-state index in [-0.39, 0.29) is 10.9 Å². The highest BCUT2D eigenvalue weighted by Crippen LogP contribution is 2.25. The Bertz CT molecular complexity index is 541. The van der Waals surface area contributed by atoms with E-state index in [1.165, 1.54) is 0 Å². The SMILES string of the molecule is CCOS(=O)(=O)c1nc2ccccc2s1. The van der Waals surface area contributed by atoms with Gasteiger partial charge in [0.25, 0.3) is 0 Å². The molecular formula is C9H9NO3S2. The van der Waals surface area contributed by atoms with Crippen LogP contribution < -0.4 is 0 Å². The molecule has 0 radical (unpaired) electrons. The van der Waals surface area contributed by atoms with Crippen LogP contribution in [0.15, 0.2) is 28.6 Å². The molecule has 1 aromatic heterocycles. The third kappa shape index (κ3) is 2.01. The van der Waals surface area contributed by atoms with Gasteiger partial charge in [-0.3, -0.25) is 4.18 Å². The molecule has 0 unspecified atom stereocenters. The van der Waals surface area contributed by atoms with Crippen LogP contribution in [0.4, 0.5) is 0 Å². The van der Waals surface area contributed by atoms with Crippen molar-refractivity contribution in [2.45, 2.75) is 11.3 Å². The van der Waals surface area contributed by atoms with Gasteiger partial charge in [-0.15, -0.1) is 11.3 Å². The lowest BCUT2D eigenvalue weighted by Crippen LogP contribution is -2.05. The number of thiazole rings is 1. The quantitative estimate of drug-likeness (QED) is 0.774. The van der Waals surface area contributed by atoms with Crippen LogP contribution in [-0.2, 0) is 14.3 Å². The molecule has 0 aliphatic rings. The molecule has 0 fully saturated rings. The Morgan fingerprint density at radius 1 is 1.40 bits per heavy atom. The molecule has 0 aliphatic heterocycles. The topological polar surface area (TPSA) is 56.3 Å². The van der Waals surface area contributed by atoms with Gasteiger partial charge in [0.1, 0.15) is 0 Å². The monoisotopic (exact) mass is 243 g/mol. The molecule has 0 aliphatic carbocycles. The van der Waals surface area contributed by atoms with Crippen LogP contribution in [0.3, 0.4) is 0 Å². The molecule has 0 amide bonds. The molecule has 6 heteroatoms. The summed E-state index contributed by atoms with van der Waals surface area (Å²) in [5, 5.41) is 0. The number of para-hydroxylation sites is 1. The number of aromatic nitrogens is 1. The second-order valence-corrected chi connectivity index (χ2v) is 5.63. The van der Waals surface area contributed by atoms with E-state index in [0.29, 0.717) is 5.52 Å². The smallest absolute Gasteiger partial charge is 0.265 e. The number of benzene rings is 1. The molecule has 15 heavy (non-hydrogen) atoms. The Kier molecular flexibility index (Phi) is 2.72. The molecule has 0 bridgehead atoms. The Labute approximate surface area is 91.7 Å². The zero-order valence-electron chi connectivity index (χ0n) is 8.00. The summed E-state index contributed by atoms with van der Waals surface area (Å²) >= 11 is 1.12. The maximum atomic E-state index is 11.5. The van der Waals surface area contributed by atoms with Gasteiger partial charge in [0.2, 0.25) is 4.34 Å². The zero-order valence-corrected chi connectivity index (χ0v) is 9.64. The van der Waals surface area contributed by atoms with Gasteiger partial charge in [0, 0.05) is 0 Å². The van der Waals surface area contributed by atoms with Gasteiger partial charge < -0.3 is 0 Å². The van der Waals surface area contributed by atoms with Gasteiger partial charge in [0.15, 0.2) is 0 Å². The third-order valence-corrected chi connectivity index (χ3v) is 4.52. The average molecular weight is 243 g/mol. The highest BCUT2D eigenvalue weighted by Gasteiger charge is 2.19. The van der Waals surface area contributed by atoms with Crippen LogP contribution in [0.1, 0.15) is 6.92 Å². The number of hydrogen-bond donors (Lipinski definition) is 0. The fraction of sp³-hybridized carbons (Fsp3) is 0.222. The lowest BCUT2D eigenvalue weighted by atomic mass is 10.3. The van der Waals surface area contributed by atoms with Crippen molar-refractivity contribution in [3.05, 3.63) is 24.3 Å². The molecule has 80 valence electrons. The molecule has 0 atom stereocenters. The summed E-state index contributed by atoms with van der Waals surface area (Å²) in [5.74, 6) is 0. The van der Waals surface area contributed by atoms with Gasteiger partial charge in [0.05, 0.1) is 16.8 Å². The van der Waals surface area contributed by atoms with E-state index in [9.17, 15) is 8.42 Å². The molecule has 1 heterocycles. The van der Waals surface area contributed by atoms with Crippen LogP contribution in [0, 0.1) is 0 Å². The van der Waals surface area contributed by atoms with Crippen LogP contribution in [-0.4, -0.2) is 20.0 Å². The van der Waals surface area contributed by atoms with Gasteiger partial charge in [-0.05, 0) is 19.1 Å². The van der Waals surface area contributed by atoms with E-state index in [1.807, 2.05) is 18.2 Å². The lowest BCUT2D eigenvalue weighted by molar-refractivity contribution is 0.338. The van der Waals surface area contributed by atoms with Crippen LogP contribution >= 0.6 is 11.3 Å². The van der Waals surface area contributed by atoms with Gasteiger partial charge in [-0.25, -0.2) is 4.98 Å². The summed E-state index contributed by atoms with van der Waals surface area (Å²) in [6.07, 6.45) is 0. The Morgan fingerprint density at radius 2 is 2.13 bits per heavy atom. The number of hydrogen-bond acceptors (Lipinski definition) is 5. The predicted octanol–water partition coefficient (Wildman–Crippen LogP) is 2.02. The largest absolute Gasteiger partial charge is 0.324 e. The van der Waals surface area contributed by atoms with Gasteiger partial charge >= 0.3 is 10.1 Å². The standard InChI is InChI=1S/C9H9NO3S2/c1-2-13-15(11,12)9-10-7-5-3-4-6-8(7)14-9/h3-6H,2H2,1H3. The van der Waals surface area contributed by atoms with Crippen molar-refractivity contribution in [1.29, 1.82) is 0 Å². The van der Waals surface area contributed by atoms with Crippen LogP contribution in [0.25, 0.3) is 10.2 Å². The predicted molar refractivity (Wildman–Crippen MR) is 58.4 cm³/mol. The van der Waals surface area contributed by atoms with Crippen molar-refractivity contribution in [2.75, 3.05) is 6.61 Å². The van der Waals surface area contributed by atoms with Crippen molar-refractivity contribution >= 4 is 31.7 Å². The van der Waals surface area contributed by atoms with E-state index >= 15 is 0 Å². The summed E-state index contributed by atoms with van der Waals surface area (Å²) < 4.78 is 28.6. The van der Waals surface area contributed by atoms with E-state index < -0.39 is 10.1 Å². The molecule has 2 rings (SSSR count). The normalized spacial score (nSPS) is 12.1. The molecular weight excluding hydrogens is 234 g/mol. The number of fused-ring (bicyclic) bond motifs is 1.